The van der Waals surface area contributed by atoms with E-state index in [0.717, 1.165) is 16.7 Å². The van der Waals surface area contributed by atoms with Gasteiger partial charge in [0, 0.05) is 28.7 Å². The minimum atomic E-state index is -0.167. The van der Waals surface area contributed by atoms with Gasteiger partial charge in [-0.05, 0) is 47.0 Å². The molecular weight excluding hydrogens is 451 g/mol. The average molecular weight is 471 g/mol. The maximum Gasteiger partial charge on any atom is 0.251 e. The first-order valence-corrected chi connectivity index (χ1v) is 11.6. The highest BCUT2D eigenvalue weighted by molar-refractivity contribution is 8.00. The zero-order valence-electron chi connectivity index (χ0n) is 16.6. The zero-order valence-corrected chi connectivity index (χ0v) is 18.9. The molecule has 3 aromatic carbocycles. The molecule has 4 rings (SSSR count). The van der Waals surface area contributed by atoms with Crippen LogP contribution in [0.2, 0.25) is 10.0 Å². The van der Waals surface area contributed by atoms with Gasteiger partial charge in [-0.25, -0.2) is 0 Å². The second-order valence-electron chi connectivity index (χ2n) is 7.21. The van der Waals surface area contributed by atoms with Gasteiger partial charge in [-0.1, -0.05) is 65.7 Å². The number of nitrogens with one attached hydrogen (secondary N) is 1. The third kappa shape index (κ3) is 5.24. The smallest absolute Gasteiger partial charge is 0.251 e. The minimum absolute atomic E-state index is 0.0802. The fourth-order valence-corrected chi connectivity index (χ4v) is 4.92. The lowest BCUT2D eigenvalue weighted by molar-refractivity contribution is -0.128. The van der Waals surface area contributed by atoms with Gasteiger partial charge in [0.15, 0.2) is 0 Å². The van der Waals surface area contributed by atoms with Crippen LogP contribution in [0.1, 0.15) is 32.4 Å². The number of hydrogen-bond donors (Lipinski definition) is 1. The van der Waals surface area contributed by atoms with Gasteiger partial charge in [0.25, 0.3) is 5.91 Å². The van der Waals surface area contributed by atoms with Crippen LogP contribution in [0.15, 0.2) is 72.8 Å². The van der Waals surface area contributed by atoms with Crippen molar-refractivity contribution in [2.75, 3.05) is 5.75 Å². The lowest BCUT2D eigenvalue weighted by Crippen LogP contribution is -2.27. The Hall–Kier alpha value is -2.47. The second kappa shape index (κ2) is 9.77. The van der Waals surface area contributed by atoms with Gasteiger partial charge in [0.2, 0.25) is 5.91 Å². The molecule has 1 heterocycles. The highest BCUT2D eigenvalue weighted by Gasteiger charge is 2.32. The molecule has 0 radical (unpaired) electrons. The number of benzene rings is 3. The molecule has 0 aliphatic carbocycles. The van der Waals surface area contributed by atoms with E-state index in [4.69, 9.17) is 23.2 Å². The molecule has 0 unspecified atom stereocenters. The van der Waals surface area contributed by atoms with E-state index in [1.807, 2.05) is 59.5 Å². The van der Waals surface area contributed by atoms with E-state index < -0.39 is 0 Å². The molecule has 1 aliphatic rings. The van der Waals surface area contributed by atoms with E-state index in [9.17, 15) is 9.59 Å². The van der Waals surface area contributed by atoms with Crippen LogP contribution < -0.4 is 5.32 Å². The van der Waals surface area contributed by atoms with Gasteiger partial charge in [0.1, 0.15) is 5.37 Å². The lowest BCUT2D eigenvalue weighted by atomic mass is 10.1. The van der Waals surface area contributed by atoms with E-state index in [1.54, 1.807) is 30.0 Å². The molecule has 1 saturated heterocycles. The molecule has 1 aliphatic heterocycles. The molecule has 0 bridgehead atoms. The predicted molar refractivity (Wildman–Crippen MR) is 126 cm³/mol. The Kier molecular flexibility index (Phi) is 6.86. The molecule has 0 aromatic heterocycles. The molecule has 3 aromatic rings. The van der Waals surface area contributed by atoms with Crippen molar-refractivity contribution in [1.29, 1.82) is 0 Å². The molecule has 158 valence electrons. The SMILES string of the molecule is O=C(NCc1ccccc1Cl)c1ccc([C@H]2SCC(=O)N2Cc2ccc(Cl)cc2)cc1. The first-order valence-electron chi connectivity index (χ1n) is 9.78. The zero-order chi connectivity index (χ0) is 21.8. The van der Waals surface area contributed by atoms with Gasteiger partial charge in [-0.2, -0.15) is 0 Å². The second-order valence-corrected chi connectivity index (χ2v) is 9.12. The Labute approximate surface area is 195 Å². The van der Waals surface area contributed by atoms with Crippen molar-refractivity contribution in [2.45, 2.75) is 18.5 Å². The van der Waals surface area contributed by atoms with Gasteiger partial charge in [0.05, 0.1) is 5.75 Å². The normalized spacial score (nSPS) is 15.9. The highest BCUT2D eigenvalue weighted by atomic mass is 35.5. The Morgan fingerprint density at radius 3 is 2.42 bits per heavy atom. The summed E-state index contributed by atoms with van der Waals surface area (Å²) in [6.45, 7) is 0.885. The van der Waals surface area contributed by atoms with Crippen LogP contribution in [0.3, 0.4) is 0 Å². The molecule has 1 N–H and O–H groups in total. The van der Waals surface area contributed by atoms with Crippen molar-refractivity contribution in [1.82, 2.24) is 10.2 Å². The molecular formula is C24H20Cl2N2O2S. The standard InChI is InChI=1S/C24H20Cl2N2O2S/c25-20-11-5-16(6-12-20)14-28-22(29)15-31-24(28)18-9-7-17(8-10-18)23(30)27-13-19-3-1-2-4-21(19)26/h1-12,24H,13-15H2,(H,27,30)/t24-/m1/s1. The van der Waals surface area contributed by atoms with Crippen LogP contribution >= 0.6 is 35.0 Å². The Morgan fingerprint density at radius 1 is 1.00 bits per heavy atom. The maximum atomic E-state index is 12.5. The highest BCUT2D eigenvalue weighted by Crippen LogP contribution is 2.39. The van der Waals surface area contributed by atoms with Crippen LogP contribution in [0, 0.1) is 0 Å². The number of carbonyl (C=O) groups is 2. The average Bonchev–Trinajstić information content (AvgIpc) is 3.14. The molecule has 31 heavy (non-hydrogen) atoms. The Morgan fingerprint density at radius 2 is 1.71 bits per heavy atom. The topological polar surface area (TPSA) is 49.4 Å². The summed E-state index contributed by atoms with van der Waals surface area (Å²) in [6.07, 6.45) is 0. The third-order valence-electron chi connectivity index (χ3n) is 5.09. The number of nitrogens with zero attached hydrogens (tertiary/aromatic N) is 1. The van der Waals surface area contributed by atoms with Crippen LogP contribution in [-0.4, -0.2) is 22.5 Å². The fourth-order valence-electron chi connectivity index (χ4n) is 3.41. The van der Waals surface area contributed by atoms with Crippen molar-refractivity contribution in [3.63, 3.8) is 0 Å². The summed E-state index contributed by atoms with van der Waals surface area (Å²) >= 11 is 13.7. The fraction of sp³-hybridized carbons (Fsp3) is 0.167. The summed E-state index contributed by atoms with van der Waals surface area (Å²) in [4.78, 5) is 26.8. The van der Waals surface area contributed by atoms with Gasteiger partial charge in [-0.3, -0.25) is 9.59 Å². The van der Waals surface area contributed by atoms with Crippen LogP contribution in [0.25, 0.3) is 0 Å². The summed E-state index contributed by atoms with van der Waals surface area (Å²) in [5.41, 5.74) is 3.45. The number of hydrogen-bond acceptors (Lipinski definition) is 3. The van der Waals surface area contributed by atoms with E-state index in [-0.39, 0.29) is 17.2 Å². The van der Waals surface area contributed by atoms with Crippen LogP contribution in [0.4, 0.5) is 0 Å². The van der Waals surface area contributed by atoms with Crippen molar-refractivity contribution in [2.24, 2.45) is 0 Å². The number of amides is 2. The summed E-state index contributed by atoms with van der Waals surface area (Å²) < 4.78 is 0. The van der Waals surface area contributed by atoms with Crippen LogP contribution in [0.5, 0.6) is 0 Å². The van der Waals surface area contributed by atoms with E-state index in [2.05, 4.69) is 5.32 Å². The molecule has 1 fully saturated rings. The first-order chi connectivity index (χ1) is 15.0. The Balaban J connectivity index is 1.42. The summed E-state index contributed by atoms with van der Waals surface area (Å²) in [5.74, 6) is 0.379. The molecule has 0 spiro atoms. The lowest BCUT2D eigenvalue weighted by Gasteiger charge is -2.24. The Bertz CT molecular complexity index is 1090. The van der Waals surface area contributed by atoms with E-state index >= 15 is 0 Å². The van der Waals surface area contributed by atoms with Crippen molar-refractivity contribution < 1.29 is 9.59 Å². The summed E-state index contributed by atoms with van der Waals surface area (Å²) in [6, 6.07) is 22.4. The van der Waals surface area contributed by atoms with E-state index in [0.29, 0.717) is 34.5 Å². The molecule has 7 heteroatoms. The largest absolute Gasteiger partial charge is 0.348 e. The minimum Gasteiger partial charge on any atom is -0.348 e. The van der Waals surface area contributed by atoms with Crippen molar-refractivity contribution in [3.05, 3.63) is 105 Å². The predicted octanol–water partition coefficient (Wildman–Crippen LogP) is 5.70. The number of carbonyl (C=O) groups excluding carboxylic acids is 2. The van der Waals surface area contributed by atoms with Gasteiger partial charge < -0.3 is 10.2 Å². The molecule has 0 saturated carbocycles. The monoisotopic (exact) mass is 470 g/mol. The first kappa shape index (κ1) is 21.8. The van der Waals surface area contributed by atoms with Gasteiger partial charge in [-0.15, -0.1) is 11.8 Å². The van der Waals surface area contributed by atoms with Crippen molar-refractivity contribution >= 4 is 46.8 Å². The summed E-state index contributed by atoms with van der Waals surface area (Å²) in [7, 11) is 0. The third-order valence-corrected chi connectivity index (χ3v) is 6.97. The molecule has 4 nitrogen and oxygen atoms in total. The summed E-state index contributed by atoms with van der Waals surface area (Å²) in [5, 5.41) is 4.11. The van der Waals surface area contributed by atoms with E-state index in [1.165, 1.54) is 0 Å². The molecule has 2 amide bonds. The van der Waals surface area contributed by atoms with Crippen LogP contribution in [-0.2, 0) is 17.9 Å². The number of rotatable bonds is 6. The van der Waals surface area contributed by atoms with Gasteiger partial charge >= 0.3 is 0 Å². The number of thioether (sulfide) groups is 1. The molecule has 1 atom stereocenters. The van der Waals surface area contributed by atoms with Crippen molar-refractivity contribution in [3.8, 4) is 0 Å². The quantitative estimate of drug-likeness (QED) is 0.502. The number of halogens is 2. The maximum absolute atomic E-state index is 12.5.